The van der Waals surface area contributed by atoms with Crippen LogP contribution in [0.15, 0.2) is 36.7 Å². The number of nitrogens with zero attached hydrogens (tertiary/aromatic N) is 3. The van der Waals surface area contributed by atoms with Crippen molar-refractivity contribution in [1.29, 1.82) is 0 Å². The average molecular weight is 362 g/mol. The van der Waals surface area contributed by atoms with Gasteiger partial charge in [0.25, 0.3) is 0 Å². The molecule has 3 rings (SSSR count). The monoisotopic (exact) mass is 361 g/mol. The number of hydrogen-bond donors (Lipinski definition) is 2. The van der Waals surface area contributed by atoms with Crippen molar-refractivity contribution in [3.8, 4) is 0 Å². The zero-order valence-corrected chi connectivity index (χ0v) is 15.2. The van der Waals surface area contributed by atoms with Gasteiger partial charge in [0.05, 0.1) is 17.9 Å². The highest BCUT2D eigenvalue weighted by Gasteiger charge is 2.24. The first-order valence-corrected chi connectivity index (χ1v) is 9.10. The fourth-order valence-corrected chi connectivity index (χ4v) is 3.29. The Hall–Kier alpha value is -2.05. The third kappa shape index (κ3) is 4.74. The van der Waals surface area contributed by atoms with E-state index in [2.05, 4.69) is 20.6 Å². The normalized spacial score (nSPS) is 15.9. The Balaban J connectivity index is 1.61. The van der Waals surface area contributed by atoms with Crippen LogP contribution in [0, 0.1) is 0 Å². The van der Waals surface area contributed by atoms with Gasteiger partial charge in [-0.1, -0.05) is 23.7 Å². The van der Waals surface area contributed by atoms with E-state index >= 15 is 0 Å². The highest BCUT2D eigenvalue weighted by atomic mass is 35.5. The number of urea groups is 1. The average Bonchev–Trinajstić information content (AvgIpc) is 3.28. The summed E-state index contributed by atoms with van der Waals surface area (Å²) in [4.78, 5) is 14.6. The second-order valence-corrected chi connectivity index (χ2v) is 6.67. The number of aromatic nitrogens is 2. The molecule has 7 heteroatoms. The summed E-state index contributed by atoms with van der Waals surface area (Å²) in [5.74, 6) is 0. The van der Waals surface area contributed by atoms with Crippen molar-refractivity contribution in [2.45, 2.75) is 32.4 Å². The van der Waals surface area contributed by atoms with Crippen LogP contribution in [-0.2, 0) is 6.54 Å². The Bertz CT molecular complexity index is 694. The molecular formula is C18H24ClN5O. The third-order valence-corrected chi connectivity index (χ3v) is 4.76. The molecule has 1 fully saturated rings. The molecule has 1 aromatic carbocycles. The van der Waals surface area contributed by atoms with Crippen LogP contribution in [0.2, 0.25) is 5.02 Å². The fourth-order valence-electron chi connectivity index (χ4n) is 3.16. The van der Waals surface area contributed by atoms with Gasteiger partial charge in [-0.15, -0.1) is 0 Å². The Morgan fingerprint density at radius 3 is 2.64 bits per heavy atom. The van der Waals surface area contributed by atoms with Crippen LogP contribution in [0.3, 0.4) is 0 Å². The molecular weight excluding hydrogens is 338 g/mol. The second kappa shape index (κ2) is 8.36. The van der Waals surface area contributed by atoms with Crippen LogP contribution in [0.4, 0.5) is 10.5 Å². The van der Waals surface area contributed by atoms with Gasteiger partial charge in [-0.25, -0.2) is 4.79 Å². The van der Waals surface area contributed by atoms with Crippen LogP contribution in [0.5, 0.6) is 0 Å². The molecule has 1 aromatic heterocycles. The number of nitrogens with one attached hydrogen (secondary N) is 2. The van der Waals surface area contributed by atoms with Gasteiger partial charge in [-0.3, -0.25) is 9.58 Å². The molecule has 0 aliphatic carbocycles. The van der Waals surface area contributed by atoms with Gasteiger partial charge >= 0.3 is 6.03 Å². The van der Waals surface area contributed by atoms with Crippen molar-refractivity contribution >= 4 is 23.3 Å². The molecule has 0 saturated carbocycles. The fraction of sp³-hybridized carbons (Fsp3) is 0.444. The second-order valence-electron chi connectivity index (χ2n) is 6.23. The van der Waals surface area contributed by atoms with Crippen molar-refractivity contribution in [3.05, 3.63) is 47.2 Å². The highest BCUT2D eigenvalue weighted by molar-refractivity contribution is 6.30. The molecule has 134 valence electrons. The molecule has 2 amide bonds. The molecule has 2 N–H and O–H groups in total. The molecule has 0 radical (unpaired) electrons. The van der Waals surface area contributed by atoms with Crippen LogP contribution >= 0.6 is 11.6 Å². The van der Waals surface area contributed by atoms with Crippen LogP contribution in [-0.4, -0.2) is 40.3 Å². The van der Waals surface area contributed by atoms with Gasteiger partial charge in [0.2, 0.25) is 0 Å². The van der Waals surface area contributed by atoms with E-state index in [1.54, 1.807) is 10.9 Å². The van der Waals surface area contributed by atoms with Crippen molar-refractivity contribution in [2.24, 2.45) is 0 Å². The number of amides is 2. The summed E-state index contributed by atoms with van der Waals surface area (Å²) in [5, 5.41) is 10.7. The van der Waals surface area contributed by atoms with Crippen molar-refractivity contribution in [3.63, 3.8) is 0 Å². The molecule has 1 aliphatic heterocycles. The first-order chi connectivity index (χ1) is 12.2. The molecule has 0 unspecified atom stereocenters. The Kier molecular flexibility index (Phi) is 5.94. The number of halogens is 1. The standard InChI is InChI=1S/C18H24ClN5O/c1-2-24-13-16(11-21-24)22-18(25)20-12-17(23-9-3-4-10-23)14-5-7-15(19)8-6-14/h5-8,11,13,17H,2-4,9-10,12H2,1H3,(H2,20,22,25)/t17-/m0/s1. The summed E-state index contributed by atoms with van der Waals surface area (Å²) in [6.07, 6.45) is 5.87. The summed E-state index contributed by atoms with van der Waals surface area (Å²) >= 11 is 6.01. The summed E-state index contributed by atoms with van der Waals surface area (Å²) < 4.78 is 1.77. The lowest BCUT2D eigenvalue weighted by Crippen LogP contribution is -2.38. The van der Waals surface area contributed by atoms with Crippen molar-refractivity contribution in [1.82, 2.24) is 20.0 Å². The summed E-state index contributed by atoms with van der Waals surface area (Å²) in [5.41, 5.74) is 1.87. The summed E-state index contributed by atoms with van der Waals surface area (Å²) in [6.45, 7) is 5.44. The number of rotatable bonds is 6. The molecule has 2 aromatic rings. The Labute approximate surface area is 153 Å². The zero-order chi connectivity index (χ0) is 17.6. The number of benzene rings is 1. The topological polar surface area (TPSA) is 62.2 Å². The maximum atomic E-state index is 12.2. The van der Waals surface area contributed by atoms with Crippen molar-refractivity contribution < 1.29 is 4.79 Å². The van der Waals surface area contributed by atoms with E-state index in [0.29, 0.717) is 12.2 Å². The number of aryl methyl sites for hydroxylation is 1. The van der Waals surface area contributed by atoms with Gasteiger partial charge in [0, 0.05) is 24.3 Å². The molecule has 1 aliphatic rings. The lowest BCUT2D eigenvalue weighted by Gasteiger charge is -2.28. The first-order valence-electron chi connectivity index (χ1n) is 8.72. The van der Waals surface area contributed by atoms with E-state index in [1.807, 2.05) is 37.4 Å². The minimum absolute atomic E-state index is 0.156. The summed E-state index contributed by atoms with van der Waals surface area (Å²) in [6, 6.07) is 7.82. The quantitative estimate of drug-likeness (QED) is 0.827. The maximum Gasteiger partial charge on any atom is 0.319 e. The van der Waals surface area contributed by atoms with Gasteiger partial charge in [-0.05, 0) is 50.6 Å². The van der Waals surface area contributed by atoms with Crippen LogP contribution in [0.25, 0.3) is 0 Å². The molecule has 1 atom stereocenters. The molecule has 2 heterocycles. The van der Waals surface area contributed by atoms with E-state index in [9.17, 15) is 4.79 Å². The van der Waals surface area contributed by atoms with E-state index in [-0.39, 0.29) is 12.1 Å². The van der Waals surface area contributed by atoms with E-state index in [4.69, 9.17) is 11.6 Å². The van der Waals surface area contributed by atoms with E-state index < -0.39 is 0 Å². The predicted octanol–water partition coefficient (Wildman–Crippen LogP) is 3.52. The molecule has 6 nitrogen and oxygen atoms in total. The van der Waals surface area contributed by atoms with Gasteiger partial charge < -0.3 is 10.6 Å². The lowest BCUT2D eigenvalue weighted by atomic mass is 10.1. The highest BCUT2D eigenvalue weighted by Crippen LogP contribution is 2.25. The third-order valence-electron chi connectivity index (χ3n) is 4.51. The number of likely N-dealkylation sites (tertiary alicyclic amines) is 1. The van der Waals surface area contributed by atoms with Gasteiger partial charge in [0.1, 0.15) is 0 Å². The Morgan fingerprint density at radius 2 is 2.00 bits per heavy atom. The molecule has 0 bridgehead atoms. The largest absolute Gasteiger partial charge is 0.336 e. The van der Waals surface area contributed by atoms with Crippen LogP contribution < -0.4 is 10.6 Å². The zero-order valence-electron chi connectivity index (χ0n) is 14.4. The SMILES string of the molecule is CCn1cc(NC(=O)NC[C@@H](c2ccc(Cl)cc2)N2CCCC2)cn1. The summed E-state index contributed by atoms with van der Waals surface area (Å²) in [7, 11) is 0. The Morgan fingerprint density at radius 1 is 1.28 bits per heavy atom. The lowest BCUT2D eigenvalue weighted by molar-refractivity contribution is 0.227. The number of hydrogen-bond acceptors (Lipinski definition) is 3. The minimum Gasteiger partial charge on any atom is -0.336 e. The molecule has 1 saturated heterocycles. The predicted molar refractivity (Wildman–Crippen MR) is 99.9 cm³/mol. The van der Waals surface area contributed by atoms with E-state index in [1.165, 1.54) is 18.4 Å². The number of carbonyl (C=O) groups is 1. The first kappa shape index (κ1) is 17.8. The minimum atomic E-state index is -0.214. The maximum absolute atomic E-state index is 12.2. The number of carbonyl (C=O) groups excluding carboxylic acids is 1. The van der Waals surface area contributed by atoms with E-state index in [0.717, 1.165) is 24.7 Å². The van der Waals surface area contributed by atoms with Crippen molar-refractivity contribution in [2.75, 3.05) is 25.0 Å². The molecule has 0 spiro atoms. The molecule has 25 heavy (non-hydrogen) atoms. The number of anilines is 1. The van der Waals surface area contributed by atoms with Gasteiger partial charge in [0.15, 0.2) is 0 Å². The smallest absolute Gasteiger partial charge is 0.319 e. The van der Waals surface area contributed by atoms with Gasteiger partial charge in [-0.2, -0.15) is 5.10 Å². The van der Waals surface area contributed by atoms with Crippen LogP contribution in [0.1, 0.15) is 31.4 Å².